The molecule has 1 heterocycles. The summed E-state index contributed by atoms with van der Waals surface area (Å²) in [6, 6.07) is 1.80. The number of hydrogen-bond acceptors (Lipinski definition) is 2. The van der Waals surface area contributed by atoms with Gasteiger partial charge in [0.2, 0.25) is 5.91 Å². The average molecular weight is 248 g/mol. The number of nitrogens with one attached hydrogen (secondary N) is 1. The Balaban J connectivity index is 2.24. The molecule has 1 aliphatic carbocycles. The normalized spacial score (nSPS) is 22.7. The summed E-state index contributed by atoms with van der Waals surface area (Å²) in [6.45, 7) is 4.67. The van der Waals surface area contributed by atoms with E-state index in [9.17, 15) is 9.59 Å². The van der Waals surface area contributed by atoms with E-state index in [-0.39, 0.29) is 11.7 Å². The predicted molar refractivity (Wildman–Crippen MR) is 69.5 cm³/mol. The van der Waals surface area contributed by atoms with E-state index in [0.29, 0.717) is 12.8 Å². The van der Waals surface area contributed by atoms with E-state index in [4.69, 9.17) is 0 Å². The zero-order chi connectivity index (χ0) is 13.3. The van der Waals surface area contributed by atoms with Crippen LogP contribution >= 0.6 is 0 Å². The summed E-state index contributed by atoms with van der Waals surface area (Å²) in [5.74, 6) is 0.135. The van der Waals surface area contributed by atoms with Crippen LogP contribution in [0.15, 0.2) is 12.3 Å². The maximum absolute atomic E-state index is 12.4. The first-order valence-electron chi connectivity index (χ1n) is 6.43. The van der Waals surface area contributed by atoms with Crippen molar-refractivity contribution >= 4 is 11.7 Å². The topological polar surface area (TPSA) is 53.2 Å². The molecule has 1 aliphatic rings. The molecule has 18 heavy (non-hydrogen) atoms. The number of H-pyrrole nitrogens is 1. The van der Waals surface area contributed by atoms with Gasteiger partial charge in [0.1, 0.15) is 0 Å². The Morgan fingerprint density at radius 2 is 2.22 bits per heavy atom. The summed E-state index contributed by atoms with van der Waals surface area (Å²) in [4.78, 5) is 29.3. The van der Waals surface area contributed by atoms with Gasteiger partial charge in [0.15, 0.2) is 5.78 Å². The maximum Gasteiger partial charge on any atom is 0.229 e. The van der Waals surface area contributed by atoms with Crippen molar-refractivity contribution in [3.05, 3.63) is 23.5 Å². The monoisotopic (exact) mass is 248 g/mol. The fourth-order valence-electron chi connectivity index (χ4n) is 2.76. The Kier molecular flexibility index (Phi) is 3.28. The molecule has 4 nitrogen and oxygen atoms in total. The van der Waals surface area contributed by atoms with Crippen molar-refractivity contribution < 1.29 is 9.59 Å². The second-order valence-electron chi connectivity index (χ2n) is 5.43. The third-order valence-corrected chi connectivity index (χ3v) is 3.67. The summed E-state index contributed by atoms with van der Waals surface area (Å²) in [6.07, 6.45) is 3.63. The molecule has 0 saturated heterocycles. The quantitative estimate of drug-likeness (QED) is 0.889. The van der Waals surface area contributed by atoms with Crippen LogP contribution in [-0.2, 0) is 11.2 Å². The van der Waals surface area contributed by atoms with Crippen molar-refractivity contribution in [2.75, 3.05) is 13.6 Å². The molecule has 0 radical (unpaired) electrons. The van der Waals surface area contributed by atoms with Crippen molar-refractivity contribution in [1.82, 2.24) is 9.88 Å². The molecule has 98 valence electrons. The molecule has 0 bridgehead atoms. The molecule has 1 N–H and O–H groups in total. The fraction of sp³-hybridized carbons (Fsp3) is 0.571. The summed E-state index contributed by atoms with van der Waals surface area (Å²) in [5.41, 5.74) is 1.05. The minimum atomic E-state index is -0.598. The van der Waals surface area contributed by atoms with E-state index in [1.807, 2.05) is 20.9 Å². The largest absolute Gasteiger partial charge is 0.364 e. The maximum atomic E-state index is 12.4. The zero-order valence-corrected chi connectivity index (χ0v) is 11.2. The number of rotatable bonds is 3. The van der Waals surface area contributed by atoms with Gasteiger partial charge in [-0.05, 0) is 19.4 Å². The molecule has 0 aromatic carbocycles. The van der Waals surface area contributed by atoms with Crippen LogP contribution < -0.4 is 0 Å². The SMILES string of the molecule is CCCN(C)C(=O)C1(C)CC(=O)c2cc[nH]c2C1. The van der Waals surface area contributed by atoms with Gasteiger partial charge in [0, 0.05) is 43.9 Å². The average Bonchev–Trinajstić information content (AvgIpc) is 2.76. The number of ketones is 1. The number of amides is 1. The van der Waals surface area contributed by atoms with Gasteiger partial charge in [0.25, 0.3) is 0 Å². The highest BCUT2D eigenvalue weighted by Crippen LogP contribution is 2.36. The lowest BCUT2D eigenvalue weighted by Crippen LogP contribution is -2.45. The van der Waals surface area contributed by atoms with Crippen molar-refractivity contribution in [1.29, 1.82) is 0 Å². The second kappa shape index (κ2) is 4.59. The Morgan fingerprint density at radius 3 is 2.89 bits per heavy atom. The first-order valence-corrected chi connectivity index (χ1v) is 6.43. The fourth-order valence-corrected chi connectivity index (χ4v) is 2.76. The van der Waals surface area contributed by atoms with E-state index >= 15 is 0 Å². The molecule has 0 saturated carbocycles. The first kappa shape index (κ1) is 12.9. The van der Waals surface area contributed by atoms with Gasteiger partial charge in [-0.15, -0.1) is 0 Å². The molecule has 0 spiro atoms. The highest BCUT2D eigenvalue weighted by atomic mass is 16.2. The number of fused-ring (bicyclic) bond motifs is 1. The van der Waals surface area contributed by atoms with Crippen molar-refractivity contribution in [3.8, 4) is 0 Å². The molecule has 1 atom stereocenters. The van der Waals surface area contributed by atoms with E-state index in [0.717, 1.165) is 24.2 Å². The number of carbonyl (C=O) groups excluding carboxylic acids is 2. The summed E-state index contributed by atoms with van der Waals surface area (Å²) in [7, 11) is 1.81. The molecule has 0 aliphatic heterocycles. The lowest BCUT2D eigenvalue weighted by atomic mass is 9.73. The number of hydrogen-bond donors (Lipinski definition) is 1. The standard InChI is InChI=1S/C14H20N2O2/c1-4-7-16(3)13(18)14(2)8-11-10(5-6-15-11)12(17)9-14/h5-6,15H,4,7-9H2,1-3H3. The van der Waals surface area contributed by atoms with Gasteiger partial charge >= 0.3 is 0 Å². The highest BCUT2D eigenvalue weighted by Gasteiger charge is 2.42. The summed E-state index contributed by atoms with van der Waals surface area (Å²) < 4.78 is 0. The van der Waals surface area contributed by atoms with Crippen LogP contribution in [0.2, 0.25) is 0 Å². The molecule has 1 amide bonds. The third-order valence-electron chi connectivity index (χ3n) is 3.67. The Hall–Kier alpha value is -1.58. The number of carbonyl (C=O) groups is 2. The molecule has 1 unspecified atom stereocenters. The smallest absolute Gasteiger partial charge is 0.229 e. The van der Waals surface area contributed by atoms with E-state index in [1.54, 1.807) is 17.2 Å². The molecule has 4 heteroatoms. The highest BCUT2D eigenvalue weighted by molar-refractivity contribution is 6.02. The zero-order valence-electron chi connectivity index (χ0n) is 11.2. The second-order valence-corrected chi connectivity index (χ2v) is 5.43. The van der Waals surface area contributed by atoms with Gasteiger partial charge in [-0.1, -0.05) is 6.92 Å². The van der Waals surface area contributed by atoms with Crippen LogP contribution in [0.4, 0.5) is 0 Å². The van der Waals surface area contributed by atoms with Crippen LogP contribution in [-0.4, -0.2) is 35.2 Å². The predicted octanol–water partition coefficient (Wildman–Crippen LogP) is 2.02. The molecule has 2 rings (SSSR count). The molecule has 1 aromatic heterocycles. The number of aromatic amines is 1. The number of aromatic nitrogens is 1. The van der Waals surface area contributed by atoms with Crippen molar-refractivity contribution in [2.24, 2.45) is 5.41 Å². The van der Waals surface area contributed by atoms with Crippen LogP contribution in [0.1, 0.15) is 42.7 Å². The summed E-state index contributed by atoms with van der Waals surface area (Å²) >= 11 is 0. The third kappa shape index (κ3) is 2.07. The van der Waals surface area contributed by atoms with Gasteiger partial charge in [-0.25, -0.2) is 0 Å². The lowest BCUT2D eigenvalue weighted by Gasteiger charge is -2.34. The Bertz CT molecular complexity index is 478. The number of nitrogens with zero attached hydrogens (tertiary/aromatic N) is 1. The lowest BCUT2D eigenvalue weighted by molar-refractivity contribution is -0.140. The minimum absolute atomic E-state index is 0.0675. The molecule has 0 fully saturated rings. The van der Waals surface area contributed by atoms with E-state index in [2.05, 4.69) is 4.98 Å². The molecule has 1 aromatic rings. The van der Waals surface area contributed by atoms with Crippen LogP contribution in [0.3, 0.4) is 0 Å². The molecular weight excluding hydrogens is 228 g/mol. The number of Topliss-reactive ketones (excluding diaryl/α,β-unsaturated/α-hetero) is 1. The van der Waals surface area contributed by atoms with E-state index in [1.165, 1.54) is 0 Å². The van der Waals surface area contributed by atoms with Gasteiger partial charge in [-0.2, -0.15) is 0 Å². The van der Waals surface area contributed by atoms with Crippen LogP contribution in [0.5, 0.6) is 0 Å². The van der Waals surface area contributed by atoms with Crippen LogP contribution in [0.25, 0.3) is 0 Å². The Labute approximate surface area is 107 Å². The first-order chi connectivity index (χ1) is 8.48. The van der Waals surface area contributed by atoms with Gasteiger partial charge in [-0.3, -0.25) is 9.59 Å². The van der Waals surface area contributed by atoms with Gasteiger partial charge in [0.05, 0.1) is 5.41 Å². The van der Waals surface area contributed by atoms with E-state index < -0.39 is 5.41 Å². The van der Waals surface area contributed by atoms with Crippen molar-refractivity contribution in [3.63, 3.8) is 0 Å². The summed E-state index contributed by atoms with van der Waals surface area (Å²) in [5, 5.41) is 0. The van der Waals surface area contributed by atoms with Gasteiger partial charge < -0.3 is 9.88 Å². The Morgan fingerprint density at radius 1 is 1.50 bits per heavy atom. The van der Waals surface area contributed by atoms with Crippen LogP contribution in [0, 0.1) is 5.41 Å². The van der Waals surface area contributed by atoms with Crippen molar-refractivity contribution in [2.45, 2.75) is 33.1 Å². The molecular formula is C14H20N2O2. The minimum Gasteiger partial charge on any atom is -0.364 e.